The third-order valence-corrected chi connectivity index (χ3v) is 3.27. The lowest BCUT2D eigenvalue weighted by atomic mass is 10.2. The van der Waals surface area contributed by atoms with Gasteiger partial charge in [-0.2, -0.15) is 0 Å². The summed E-state index contributed by atoms with van der Waals surface area (Å²) in [6.45, 7) is -0.00925. The van der Waals surface area contributed by atoms with E-state index in [1.54, 1.807) is 31.4 Å². The molecule has 0 bridgehead atoms. The SMILES string of the molecule is COc1ccc(C(=O)OCc2cc(OC)ccc2OC)c(O)c1. The lowest BCUT2D eigenvalue weighted by Gasteiger charge is -2.11. The molecule has 0 aromatic heterocycles. The van der Waals surface area contributed by atoms with Gasteiger partial charge in [0.05, 0.1) is 21.3 Å². The van der Waals surface area contributed by atoms with Crippen molar-refractivity contribution in [1.82, 2.24) is 0 Å². The van der Waals surface area contributed by atoms with Crippen molar-refractivity contribution in [3.05, 3.63) is 47.5 Å². The molecule has 0 radical (unpaired) electrons. The van der Waals surface area contributed by atoms with Crippen molar-refractivity contribution in [2.24, 2.45) is 0 Å². The van der Waals surface area contributed by atoms with Crippen LogP contribution < -0.4 is 14.2 Å². The van der Waals surface area contributed by atoms with Crippen molar-refractivity contribution < 1.29 is 28.8 Å². The molecule has 0 spiro atoms. The molecule has 0 aliphatic rings. The van der Waals surface area contributed by atoms with Crippen LogP contribution in [0.4, 0.5) is 0 Å². The van der Waals surface area contributed by atoms with E-state index in [4.69, 9.17) is 18.9 Å². The molecule has 122 valence electrons. The van der Waals surface area contributed by atoms with Crippen LogP contribution in [-0.2, 0) is 11.3 Å². The normalized spacial score (nSPS) is 10.0. The van der Waals surface area contributed by atoms with Crippen molar-refractivity contribution in [3.63, 3.8) is 0 Å². The fourth-order valence-electron chi connectivity index (χ4n) is 2.03. The third-order valence-electron chi connectivity index (χ3n) is 3.27. The highest BCUT2D eigenvalue weighted by atomic mass is 16.5. The van der Waals surface area contributed by atoms with Gasteiger partial charge in [-0.05, 0) is 30.3 Å². The van der Waals surface area contributed by atoms with Crippen molar-refractivity contribution in [1.29, 1.82) is 0 Å². The molecule has 2 aromatic rings. The first kappa shape index (κ1) is 16.5. The van der Waals surface area contributed by atoms with Crippen LogP contribution in [0.25, 0.3) is 0 Å². The molecule has 2 rings (SSSR count). The van der Waals surface area contributed by atoms with Gasteiger partial charge in [-0.3, -0.25) is 0 Å². The minimum atomic E-state index is -0.643. The van der Waals surface area contributed by atoms with Gasteiger partial charge in [0.25, 0.3) is 0 Å². The Morgan fingerprint density at radius 1 is 0.957 bits per heavy atom. The monoisotopic (exact) mass is 318 g/mol. The maximum atomic E-state index is 12.1. The van der Waals surface area contributed by atoms with E-state index in [9.17, 15) is 9.90 Å². The van der Waals surface area contributed by atoms with Crippen LogP contribution in [0.5, 0.6) is 23.0 Å². The first-order valence-electron chi connectivity index (χ1n) is 6.84. The van der Waals surface area contributed by atoms with Crippen LogP contribution in [-0.4, -0.2) is 32.4 Å². The topological polar surface area (TPSA) is 74.2 Å². The second-order valence-electron chi connectivity index (χ2n) is 4.64. The molecule has 0 unspecified atom stereocenters. The molecule has 6 heteroatoms. The number of phenolic OH excluding ortho intramolecular Hbond substituents is 1. The van der Waals surface area contributed by atoms with Crippen LogP contribution in [0.2, 0.25) is 0 Å². The summed E-state index contributed by atoms with van der Waals surface area (Å²) in [5, 5.41) is 9.85. The van der Waals surface area contributed by atoms with Gasteiger partial charge in [0.1, 0.15) is 35.2 Å². The summed E-state index contributed by atoms with van der Waals surface area (Å²) in [6.07, 6.45) is 0. The summed E-state index contributed by atoms with van der Waals surface area (Å²) in [5.41, 5.74) is 0.723. The number of benzene rings is 2. The van der Waals surface area contributed by atoms with Gasteiger partial charge in [-0.25, -0.2) is 4.79 Å². The molecule has 0 amide bonds. The van der Waals surface area contributed by atoms with Crippen LogP contribution in [0, 0.1) is 0 Å². The molecule has 0 saturated heterocycles. The van der Waals surface area contributed by atoms with Crippen molar-refractivity contribution in [2.45, 2.75) is 6.61 Å². The molecule has 6 nitrogen and oxygen atoms in total. The molecule has 1 N–H and O–H groups in total. The van der Waals surface area contributed by atoms with Gasteiger partial charge in [0.15, 0.2) is 0 Å². The highest BCUT2D eigenvalue weighted by molar-refractivity contribution is 5.92. The van der Waals surface area contributed by atoms with E-state index in [0.717, 1.165) is 0 Å². The molecule has 2 aromatic carbocycles. The molecular formula is C17H18O6. The second kappa shape index (κ2) is 7.40. The summed E-state index contributed by atoms with van der Waals surface area (Å²) in [5.74, 6) is 0.817. The van der Waals surface area contributed by atoms with E-state index in [-0.39, 0.29) is 17.9 Å². The van der Waals surface area contributed by atoms with E-state index < -0.39 is 5.97 Å². The molecule has 0 aliphatic carbocycles. The standard InChI is InChI=1S/C17H18O6/c1-20-12-5-7-16(22-3)11(8-12)10-23-17(19)14-6-4-13(21-2)9-15(14)18/h4-9,18H,10H2,1-3H3. The Morgan fingerprint density at radius 3 is 2.22 bits per heavy atom. The molecule has 0 heterocycles. The second-order valence-corrected chi connectivity index (χ2v) is 4.64. The number of carbonyl (C=O) groups is 1. The Labute approximate surface area is 134 Å². The Bertz CT molecular complexity index is 695. The van der Waals surface area contributed by atoms with Crippen molar-refractivity contribution in [3.8, 4) is 23.0 Å². The number of hydrogen-bond acceptors (Lipinski definition) is 6. The fourth-order valence-corrected chi connectivity index (χ4v) is 2.03. The summed E-state index contributed by atoms with van der Waals surface area (Å²) in [4.78, 5) is 12.1. The van der Waals surface area contributed by atoms with Gasteiger partial charge >= 0.3 is 5.97 Å². The van der Waals surface area contributed by atoms with Crippen LogP contribution in [0.3, 0.4) is 0 Å². The van der Waals surface area contributed by atoms with E-state index in [2.05, 4.69) is 0 Å². The van der Waals surface area contributed by atoms with Crippen LogP contribution in [0.15, 0.2) is 36.4 Å². The van der Waals surface area contributed by atoms with Crippen LogP contribution in [0.1, 0.15) is 15.9 Å². The van der Waals surface area contributed by atoms with E-state index in [0.29, 0.717) is 22.8 Å². The zero-order valence-electron chi connectivity index (χ0n) is 13.2. The Hall–Kier alpha value is -2.89. The van der Waals surface area contributed by atoms with Gasteiger partial charge in [0, 0.05) is 11.6 Å². The number of carbonyl (C=O) groups excluding carboxylic acids is 1. The van der Waals surface area contributed by atoms with Gasteiger partial charge in [0.2, 0.25) is 0 Å². The summed E-state index contributed by atoms with van der Waals surface area (Å²) in [6, 6.07) is 9.57. The minimum Gasteiger partial charge on any atom is -0.507 e. The average Bonchev–Trinajstić information content (AvgIpc) is 2.59. The maximum Gasteiger partial charge on any atom is 0.342 e. The quantitative estimate of drug-likeness (QED) is 0.826. The predicted molar refractivity (Wildman–Crippen MR) is 83.3 cm³/mol. The number of aromatic hydroxyl groups is 1. The molecule has 0 fully saturated rings. The smallest absolute Gasteiger partial charge is 0.342 e. The number of rotatable bonds is 6. The minimum absolute atomic E-state index is 0.00925. The molecule has 0 atom stereocenters. The average molecular weight is 318 g/mol. The first-order chi connectivity index (χ1) is 11.1. The fraction of sp³-hybridized carbons (Fsp3) is 0.235. The number of phenols is 1. The summed E-state index contributed by atoms with van der Waals surface area (Å²) < 4.78 is 20.6. The summed E-state index contributed by atoms with van der Waals surface area (Å²) in [7, 11) is 4.55. The summed E-state index contributed by atoms with van der Waals surface area (Å²) >= 11 is 0. The Morgan fingerprint density at radius 2 is 1.61 bits per heavy atom. The van der Waals surface area contributed by atoms with Gasteiger partial charge in [-0.15, -0.1) is 0 Å². The van der Waals surface area contributed by atoms with E-state index in [1.807, 2.05) is 0 Å². The number of hydrogen-bond donors (Lipinski definition) is 1. The largest absolute Gasteiger partial charge is 0.507 e. The zero-order valence-corrected chi connectivity index (χ0v) is 13.2. The van der Waals surface area contributed by atoms with Gasteiger partial charge < -0.3 is 24.1 Å². The van der Waals surface area contributed by atoms with Crippen molar-refractivity contribution in [2.75, 3.05) is 21.3 Å². The van der Waals surface area contributed by atoms with E-state index >= 15 is 0 Å². The molecule has 0 saturated carbocycles. The van der Waals surface area contributed by atoms with E-state index in [1.165, 1.54) is 26.4 Å². The number of ether oxygens (including phenoxy) is 4. The third kappa shape index (κ3) is 3.85. The molecule has 23 heavy (non-hydrogen) atoms. The zero-order chi connectivity index (χ0) is 16.8. The number of methoxy groups -OCH3 is 3. The first-order valence-corrected chi connectivity index (χ1v) is 6.84. The highest BCUT2D eigenvalue weighted by Crippen LogP contribution is 2.27. The number of esters is 1. The highest BCUT2D eigenvalue weighted by Gasteiger charge is 2.15. The predicted octanol–water partition coefficient (Wildman–Crippen LogP) is 2.78. The van der Waals surface area contributed by atoms with Crippen LogP contribution >= 0.6 is 0 Å². The Balaban J connectivity index is 2.13. The lowest BCUT2D eigenvalue weighted by molar-refractivity contribution is 0.0466. The van der Waals surface area contributed by atoms with Gasteiger partial charge in [-0.1, -0.05) is 0 Å². The van der Waals surface area contributed by atoms with Crippen molar-refractivity contribution >= 4 is 5.97 Å². The Kier molecular flexibility index (Phi) is 5.30. The maximum absolute atomic E-state index is 12.1. The lowest BCUT2D eigenvalue weighted by Crippen LogP contribution is -2.06. The molecule has 0 aliphatic heterocycles. The molecular weight excluding hydrogens is 300 g/mol.